The van der Waals surface area contributed by atoms with Gasteiger partial charge in [-0.05, 0) is 63.2 Å². The zero-order chi connectivity index (χ0) is 12.8. The van der Waals surface area contributed by atoms with Gasteiger partial charge in [0.15, 0.2) is 0 Å². The summed E-state index contributed by atoms with van der Waals surface area (Å²) in [5.41, 5.74) is 0.681. The van der Waals surface area contributed by atoms with Crippen LogP contribution in [-0.4, -0.2) is 50.8 Å². The molecule has 0 amide bonds. The Hall–Kier alpha value is -0.120. The fourth-order valence-corrected chi connectivity index (χ4v) is 3.22. The molecule has 0 atom stereocenters. The molecule has 2 aliphatic heterocycles. The van der Waals surface area contributed by atoms with Crippen LogP contribution in [0.2, 0.25) is 0 Å². The lowest BCUT2D eigenvalue weighted by atomic mass is 9.71. The second-order valence-electron chi connectivity index (χ2n) is 6.56. The molecular formula is C15H30N2O. The molecular weight excluding hydrogens is 224 g/mol. The zero-order valence-electron chi connectivity index (χ0n) is 12.2. The third-order valence-corrected chi connectivity index (χ3v) is 4.58. The summed E-state index contributed by atoms with van der Waals surface area (Å²) >= 11 is 0. The van der Waals surface area contributed by atoms with Crippen molar-refractivity contribution in [3.8, 4) is 0 Å². The van der Waals surface area contributed by atoms with Crippen molar-refractivity contribution >= 4 is 0 Å². The van der Waals surface area contributed by atoms with Gasteiger partial charge in [0.25, 0.3) is 0 Å². The average molecular weight is 254 g/mol. The average Bonchev–Trinajstić information content (AvgIpc) is 2.38. The molecule has 2 aliphatic rings. The maximum absolute atomic E-state index is 5.68. The highest BCUT2D eigenvalue weighted by molar-refractivity contribution is 4.89. The van der Waals surface area contributed by atoms with E-state index in [-0.39, 0.29) is 0 Å². The van der Waals surface area contributed by atoms with Gasteiger partial charge < -0.3 is 15.0 Å². The fourth-order valence-electron chi connectivity index (χ4n) is 3.22. The molecule has 2 saturated heterocycles. The van der Waals surface area contributed by atoms with Crippen molar-refractivity contribution in [1.82, 2.24) is 10.2 Å². The van der Waals surface area contributed by atoms with E-state index in [1.165, 1.54) is 51.9 Å². The number of hydrogen-bond donors (Lipinski definition) is 1. The Labute approximate surface area is 112 Å². The van der Waals surface area contributed by atoms with Gasteiger partial charge in [-0.1, -0.05) is 13.8 Å². The summed E-state index contributed by atoms with van der Waals surface area (Å²) in [6.07, 6.45) is 5.59. The molecule has 1 N–H and O–H groups in total. The molecule has 0 aliphatic carbocycles. The van der Waals surface area contributed by atoms with Gasteiger partial charge in [0, 0.05) is 13.2 Å². The van der Waals surface area contributed by atoms with E-state index >= 15 is 0 Å². The summed E-state index contributed by atoms with van der Waals surface area (Å²) in [4.78, 5) is 2.59. The zero-order valence-corrected chi connectivity index (χ0v) is 12.2. The lowest BCUT2D eigenvalue weighted by molar-refractivity contribution is 0.0418. The van der Waals surface area contributed by atoms with E-state index < -0.39 is 0 Å². The summed E-state index contributed by atoms with van der Waals surface area (Å²) in [5.74, 6) is 0.657. The second kappa shape index (κ2) is 6.88. The predicted octanol–water partition coefficient (Wildman–Crippen LogP) is 2.12. The minimum Gasteiger partial charge on any atom is -0.380 e. The maximum Gasteiger partial charge on any atom is 0.0593 e. The molecule has 2 heterocycles. The van der Waals surface area contributed by atoms with Crippen molar-refractivity contribution in [3.05, 3.63) is 0 Å². The van der Waals surface area contributed by atoms with E-state index in [2.05, 4.69) is 24.1 Å². The van der Waals surface area contributed by atoms with Gasteiger partial charge in [0.2, 0.25) is 0 Å². The first-order valence-corrected chi connectivity index (χ1v) is 7.71. The summed E-state index contributed by atoms with van der Waals surface area (Å²) in [6, 6.07) is 0. The van der Waals surface area contributed by atoms with Gasteiger partial charge >= 0.3 is 0 Å². The van der Waals surface area contributed by atoms with Crippen molar-refractivity contribution in [2.75, 3.05) is 45.9 Å². The van der Waals surface area contributed by atoms with Crippen LogP contribution in [0.15, 0.2) is 0 Å². The van der Waals surface area contributed by atoms with Crippen molar-refractivity contribution in [2.24, 2.45) is 11.3 Å². The molecule has 0 bridgehead atoms. The highest BCUT2D eigenvalue weighted by atomic mass is 16.5. The molecule has 0 radical (unpaired) electrons. The highest BCUT2D eigenvalue weighted by Crippen LogP contribution is 2.39. The molecule has 2 rings (SSSR count). The topological polar surface area (TPSA) is 24.5 Å². The van der Waals surface area contributed by atoms with Crippen LogP contribution < -0.4 is 5.32 Å². The Morgan fingerprint density at radius 3 is 2.39 bits per heavy atom. The summed E-state index contributed by atoms with van der Waals surface area (Å²) in [7, 11) is 0. The van der Waals surface area contributed by atoms with Crippen molar-refractivity contribution in [1.29, 1.82) is 0 Å². The smallest absolute Gasteiger partial charge is 0.0593 e. The lowest BCUT2D eigenvalue weighted by Gasteiger charge is -2.44. The van der Waals surface area contributed by atoms with Crippen LogP contribution in [0.25, 0.3) is 0 Å². The normalized spacial score (nSPS) is 24.8. The third kappa shape index (κ3) is 4.22. The SMILES string of the molecule is CC(C)COCCN1CCC2(CCNCC2)CC1. The van der Waals surface area contributed by atoms with E-state index in [0.717, 1.165) is 19.8 Å². The van der Waals surface area contributed by atoms with E-state index in [1.54, 1.807) is 0 Å². The van der Waals surface area contributed by atoms with Crippen LogP contribution in [-0.2, 0) is 4.74 Å². The minimum atomic E-state index is 0.657. The molecule has 1 spiro atoms. The second-order valence-corrected chi connectivity index (χ2v) is 6.56. The molecule has 2 fully saturated rings. The monoisotopic (exact) mass is 254 g/mol. The summed E-state index contributed by atoms with van der Waals surface area (Å²) in [5, 5.41) is 3.49. The molecule has 106 valence electrons. The number of ether oxygens (including phenoxy) is 1. The Morgan fingerprint density at radius 1 is 1.11 bits per heavy atom. The van der Waals surface area contributed by atoms with Crippen molar-refractivity contribution < 1.29 is 4.74 Å². The minimum absolute atomic E-state index is 0.657. The van der Waals surface area contributed by atoms with Crippen molar-refractivity contribution in [3.63, 3.8) is 0 Å². The Morgan fingerprint density at radius 2 is 1.78 bits per heavy atom. The largest absolute Gasteiger partial charge is 0.380 e. The summed E-state index contributed by atoms with van der Waals surface area (Å²) in [6.45, 7) is 12.4. The number of nitrogens with one attached hydrogen (secondary N) is 1. The van der Waals surface area contributed by atoms with E-state index in [0.29, 0.717) is 11.3 Å². The summed E-state index contributed by atoms with van der Waals surface area (Å²) < 4.78 is 5.68. The van der Waals surface area contributed by atoms with Gasteiger partial charge in [-0.25, -0.2) is 0 Å². The Balaban J connectivity index is 1.61. The fraction of sp³-hybridized carbons (Fsp3) is 1.00. The molecule has 0 saturated carbocycles. The number of hydrogen-bond acceptors (Lipinski definition) is 3. The Bertz CT molecular complexity index is 227. The number of nitrogens with zero attached hydrogens (tertiary/aromatic N) is 1. The first-order chi connectivity index (χ1) is 8.70. The van der Waals surface area contributed by atoms with E-state index in [9.17, 15) is 0 Å². The van der Waals surface area contributed by atoms with E-state index in [1.807, 2.05) is 0 Å². The highest BCUT2D eigenvalue weighted by Gasteiger charge is 2.35. The van der Waals surface area contributed by atoms with Crippen LogP contribution in [0.1, 0.15) is 39.5 Å². The van der Waals surface area contributed by atoms with Crippen LogP contribution >= 0.6 is 0 Å². The molecule has 18 heavy (non-hydrogen) atoms. The van der Waals surface area contributed by atoms with Gasteiger partial charge in [-0.3, -0.25) is 0 Å². The molecule has 0 aromatic rings. The number of rotatable bonds is 5. The maximum atomic E-state index is 5.68. The van der Waals surface area contributed by atoms with Crippen LogP contribution in [0.5, 0.6) is 0 Å². The van der Waals surface area contributed by atoms with E-state index in [4.69, 9.17) is 4.74 Å². The van der Waals surface area contributed by atoms with Crippen molar-refractivity contribution in [2.45, 2.75) is 39.5 Å². The Kier molecular flexibility index (Phi) is 5.46. The van der Waals surface area contributed by atoms with Crippen LogP contribution in [0.3, 0.4) is 0 Å². The van der Waals surface area contributed by atoms with Gasteiger partial charge in [-0.15, -0.1) is 0 Å². The van der Waals surface area contributed by atoms with Gasteiger partial charge in [0.1, 0.15) is 0 Å². The van der Waals surface area contributed by atoms with Gasteiger partial charge in [-0.2, -0.15) is 0 Å². The first kappa shape index (κ1) is 14.3. The number of likely N-dealkylation sites (tertiary alicyclic amines) is 1. The molecule has 3 heteroatoms. The quantitative estimate of drug-likeness (QED) is 0.761. The predicted molar refractivity (Wildman–Crippen MR) is 75.9 cm³/mol. The number of piperidine rings is 2. The molecule has 0 aromatic carbocycles. The first-order valence-electron chi connectivity index (χ1n) is 7.71. The molecule has 3 nitrogen and oxygen atoms in total. The third-order valence-electron chi connectivity index (χ3n) is 4.58. The van der Waals surface area contributed by atoms with Crippen LogP contribution in [0, 0.1) is 11.3 Å². The molecule has 0 aromatic heterocycles. The molecule has 0 unspecified atom stereocenters. The standard InChI is InChI=1S/C15H30N2O/c1-14(2)13-18-12-11-17-9-5-15(6-10-17)3-7-16-8-4-15/h14,16H,3-13H2,1-2H3. The lowest BCUT2D eigenvalue weighted by Crippen LogP contribution is -2.46. The van der Waals surface area contributed by atoms with Crippen LogP contribution in [0.4, 0.5) is 0 Å². The van der Waals surface area contributed by atoms with Gasteiger partial charge in [0.05, 0.1) is 6.61 Å².